The molecule has 0 fully saturated rings. The number of amides is 3. The van der Waals surface area contributed by atoms with Gasteiger partial charge in [0.15, 0.2) is 0 Å². The van der Waals surface area contributed by atoms with Crippen LogP contribution in [0, 0.1) is 0 Å². The quantitative estimate of drug-likeness (QED) is 0.470. The molecule has 1 aromatic rings. The summed E-state index contributed by atoms with van der Waals surface area (Å²) >= 11 is 0.956. The first-order valence-corrected chi connectivity index (χ1v) is 5.56. The molecule has 3 N–H and O–H groups in total. The lowest BCUT2D eigenvalue weighted by Gasteiger charge is -2.02. The van der Waals surface area contributed by atoms with E-state index in [0.717, 1.165) is 11.8 Å². The van der Waals surface area contributed by atoms with E-state index in [1.165, 1.54) is 11.8 Å². The molecule has 10 nitrogen and oxygen atoms in total. The van der Waals surface area contributed by atoms with Crippen molar-refractivity contribution in [3.8, 4) is 0 Å². The molecule has 0 aliphatic heterocycles. The first-order chi connectivity index (χ1) is 8.52. The molecule has 0 saturated carbocycles. The lowest BCUT2D eigenvalue weighted by Crippen LogP contribution is -2.36. The van der Waals surface area contributed by atoms with Gasteiger partial charge < -0.3 is 10.5 Å². The Morgan fingerprint density at radius 1 is 1.50 bits per heavy atom. The zero-order chi connectivity index (χ0) is 13.5. The molecule has 11 heteroatoms. The topological polar surface area (TPSA) is 142 Å². The number of imide groups is 1. The van der Waals surface area contributed by atoms with Gasteiger partial charge >= 0.3 is 12.0 Å². The minimum atomic E-state index is -0.935. The summed E-state index contributed by atoms with van der Waals surface area (Å²) in [5.74, 6) is -1.21. The van der Waals surface area contributed by atoms with Crippen molar-refractivity contribution in [1.29, 1.82) is 0 Å². The number of carbonyl (C=O) groups excluding carboxylic acids is 3. The van der Waals surface area contributed by atoms with E-state index in [2.05, 4.69) is 20.3 Å². The maximum Gasteiger partial charge on any atom is 0.327 e. The van der Waals surface area contributed by atoms with Gasteiger partial charge in [0, 0.05) is 0 Å². The summed E-state index contributed by atoms with van der Waals surface area (Å²) in [5, 5.41) is 12.7. The van der Waals surface area contributed by atoms with Crippen molar-refractivity contribution in [2.24, 2.45) is 5.73 Å². The summed E-state index contributed by atoms with van der Waals surface area (Å²) in [5.41, 5.74) is 4.77. The number of tetrazole rings is 1. The van der Waals surface area contributed by atoms with Crippen LogP contribution in [0.2, 0.25) is 0 Å². The van der Waals surface area contributed by atoms with Crippen LogP contribution in [0.5, 0.6) is 0 Å². The van der Waals surface area contributed by atoms with E-state index in [9.17, 15) is 14.4 Å². The Kier molecular flexibility index (Phi) is 5.05. The molecule has 1 heterocycles. The molecule has 3 amide bonds. The van der Waals surface area contributed by atoms with E-state index in [1.807, 2.05) is 5.32 Å². The normalized spacial score (nSPS) is 9.83. The third kappa shape index (κ3) is 4.37. The van der Waals surface area contributed by atoms with Gasteiger partial charge in [-0.3, -0.25) is 14.9 Å². The molecule has 0 aliphatic carbocycles. The highest BCUT2D eigenvalue weighted by molar-refractivity contribution is 7.99. The van der Waals surface area contributed by atoms with E-state index >= 15 is 0 Å². The number of thioether (sulfide) groups is 1. The average Bonchev–Trinajstić information content (AvgIpc) is 2.72. The summed E-state index contributed by atoms with van der Waals surface area (Å²) in [4.78, 5) is 32.6. The predicted molar refractivity (Wildman–Crippen MR) is 58.3 cm³/mol. The molecular weight excluding hydrogens is 264 g/mol. The van der Waals surface area contributed by atoms with Gasteiger partial charge in [0.25, 0.3) is 0 Å². The van der Waals surface area contributed by atoms with Gasteiger partial charge in [0.2, 0.25) is 11.1 Å². The van der Waals surface area contributed by atoms with Crippen LogP contribution in [0.1, 0.15) is 0 Å². The SMILES string of the molecule is COC(=O)Cn1nnnc1SCC(=O)NC(N)=O. The van der Waals surface area contributed by atoms with Crippen molar-refractivity contribution >= 4 is 29.7 Å². The molecule has 1 rings (SSSR count). The number of ether oxygens (including phenoxy) is 1. The number of carbonyl (C=O) groups is 3. The van der Waals surface area contributed by atoms with E-state index in [4.69, 9.17) is 5.73 Å². The van der Waals surface area contributed by atoms with E-state index in [-0.39, 0.29) is 17.5 Å². The average molecular weight is 274 g/mol. The van der Waals surface area contributed by atoms with Crippen LogP contribution < -0.4 is 11.1 Å². The number of nitrogens with zero attached hydrogens (tertiary/aromatic N) is 4. The third-order valence-electron chi connectivity index (χ3n) is 1.60. The number of methoxy groups -OCH3 is 1. The smallest absolute Gasteiger partial charge is 0.327 e. The largest absolute Gasteiger partial charge is 0.468 e. The molecule has 0 aliphatic rings. The molecule has 0 bridgehead atoms. The zero-order valence-corrected chi connectivity index (χ0v) is 10.1. The molecule has 18 heavy (non-hydrogen) atoms. The molecule has 0 radical (unpaired) electrons. The molecule has 0 unspecified atom stereocenters. The minimum absolute atomic E-state index is 0.107. The summed E-state index contributed by atoms with van der Waals surface area (Å²) in [6.45, 7) is -0.163. The first-order valence-electron chi connectivity index (χ1n) is 4.58. The van der Waals surface area contributed by atoms with Crippen molar-refractivity contribution < 1.29 is 19.1 Å². The van der Waals surface area contributed by atoms with E-state index < -0.39 is 17.9 Å². The highest BCUT2D eigenvalue weighted by Crippen LogP contribution is 2.12. The zero-order valence-electron chi connectivity index (χ0n) is 9.32. The second-order valence-corrected chi connectivity index (χ2v) is 3.84. The Hall–Kier alpha value is -2.17. The predicted octanol–water partition coefficient (Wildman–Crippen LogP) is -1.87. The number of aromatic nitrogens is 4. The monoisotopic (exact) mass is 274 g/mol. The van der Waals surface area contributed by atoms with Crippen molar-refractivity contribution in [2.45, 2.75) is 11.7 Å². The van der Waals surface area contributed by atoms with Crippen LogP contribution in [0.4, 0.5) is 4.79 Å². The molecule has 0 spiro atoms. The molecule has 98 valence electrons. The molecule has 0 saturated heterocycles. The summed E-state index contributed by atoms with van der Waals surface area (Å²) in [6, 6.07) is -0.935. The van der Waals surface area contributed by atoms with Crippen molar-refractivity contribution in [1.82, 2.24) is 25.5 Å². The molecular formula is C7H10N6O4S. The second-order valence-electron chi connectivity index (χ2n) is 2.90. The van der Waals surface area contributed by atoms with Crippen LogP contribution in [0.25, 0.3) is 0 Å². The van der Waals surface area contributed by atoms with Gasteiger partial charge in [0.1, 0.15) is 6.54 Å². The molecule has 0 aromatic carbocycles. The highest BCUT2D eigenvalue weighted by Gasteiger charge is 2.13. The lowest BCUT2D eigenvalue weighted by atomic mass is 10.7. The number of hydrogen-bond acceptors (Lipinski definition) is 8. The van der Waals surface area contributed by atoms with Crippen LogP contribution >= 0.6 is 11.8 Å². The van der Waals surface area contributed by atoms with E-state index in [0.29, 0.717) is 0 Å². The Morgan fingerprint density at radius 3 is 2.83 bits per heavy atom. The lowest BCUT2D eigenvalue weighted by molar-refractivity contribution is -0.141. The molecule has 0 atom stereocenters. The van der Waals surface area contributed by atoms with Gasteiger partial charge in [-0.1, -0.05) is 11.8 Å². The highest BCUT2D eigenvalue weighted by atomic mass is 32.2. The summed E-state index contributed by atoms with van der Waals surface area (Å²) in [6.07, 6.45) is 0. The van der Waals surface area contributed by atoms with Crippen molar-refractivity contribution in [3.63, 3.8) is 0 Å². The molecule has 1 aromatic heterocycles. The Balaban J connectivity index is 2.52. The minimum Gasteiger partial charge on any atom is -0.468 e. The standard InChI is InChI=1S/C7H10N6O4S/c1-17-5(15)2-13-7(10-11-12-13)18-3-4(14)9-6(8)16/h2-3H2,1H3,(H3,8,9,14,16). The van der Waals surface area contributed by atoms with Crippen molar-refractivity contribution in [3.05, 3.63) is 0 Å². The van der Waals surface area contributed by atoms with Gasteiger partial charge in [-0.2, -0.15) is 0 Å². The summed E-state index contributed by atoms with van der Waals surface area (Å²) in [7, 11) is 1.24. The fraction of sp³-hybridized carbons (Fsp3) is 0.429. The maximum absolute atomic E-state index is 11.1. The third-order valence-corrected chi connectivity index (χ3v) is 2.56. The Morgan fingerprint density at radius 2 is 2.22 bits per heavy atom. The van der Waals surface area contributed by atoms with Crippen LogP contribution in [-0.2, 0) is 20.9 Å². The Labute approximate surface area is 105 Å². The van der Waals surface area contributed by atoms with Gasteiger partial charge in [-0.15, -0.1) is 5.10 Å². The van der Waals surface area contributed by atoms with Gasteiger partial charge in [-0.25, -0.2) is 9.48 Å². The van der Waals surface area contributed by atoms with Gasteiger partial charge in [0.05, 0.1) is 12.9 Å². The van der Waals surface area contributed by atoms with Gasteiger partial charge in [-0.05, 0) is 10.4 Å². The van der Waals surface area contributed by atoms with Crippen LogP contribution in [0.3, 0.4) is 0 Å². The number of nitrogens with two attached hydrogens (primary N) is 1. The van der Waals surface area contributed by atoms with E-state index in [1.54, 1.807) is 0 Å². The maximum atomic E-state index is 11.1. The summed E-state index contributed by atoms with van der Waals surface area (Å²) < 4.78 is 5.63. The number of hydrogen-bond donors (Lipinski definition) is 2. The van der Waals surface area contributed by atoms with Crippen LogP contribution in [-0.4, -0.2) is 51.0 Å². The second kappa shape index (κ2) is 6.54. The fourth-order valence-electron chi connectivity index (χ4n) is 0.889. The van der Waals surface area contributed by atoms with Crippen molar-refractivity contribution in [2.75, 3.05) is 12.9 Å². The van der Waals surface area contributed by atoms with Crippen LogP contribution in [0.15, 0.2) is 5.16 Å². The number of urea groups is 1. The number of esters is 1. The fourth-order valence-corrected chi connectivity index (χ4v) is 1.57. The number of primary amides is 1. The first kappa shape index (κ1) is 13.9. The number of rotatable bonds is 5. The number of nitrogens with one attached hydrogen (secondary N) is 1. The Bertz CT molecular complexity index is 461.